The first-order valence-electron chi connectivity index (χ1n) is 6.53. The molecule has 0 fully saturated rings. The number of rotatable bonds is 3. The number of halogens is 1. The van der Waals surface area contributed by atoms with Crippen LogP contribution in [-0.4, -0.2) is 18.4 Å². The highest BCUT2D eigenvalue weighted by atomic mass is 79.9. The van der Waals surface area contributed by atoms with E-state index < -0.39 is 11.7 Å². The smallest absolute Gasteiger partial charge is 0.300 e. The number of hydrogen-bond donors (Lipinski definition) is 1. The number of amides is 1. The molecule has 5 heteroatoms. The van der Waals surface area contributed by atoms with E-state index >= 15 is 0 Å². The third-order valence-electron chi connectivity index (χ3n) is 3.51. The van der Waals surface area contributed by atoms with Crippen LogP contribution in [0.2, 0.25) is 0 Å². The standard InChI is InChI=1S/C16H13BrN2O2/c1-10-4-2-3-5-13(10)18-9-19-14-7-6-11(17)8-12(14)15(20)16(19)21/h2-8,18H,9H2,1H3. The molecule has 1 N–H and O–H groups in total. The predicted molar refractivity (Wildman–Crippen MR) is 85.6 cm³/mol. The van der Waals surface area contributed by atoms with Gasteiger partial charge in [0.05, 0.1) is 17.9 Å². The summed E-state index contributed by atoms with van der Waals surface area (Å²) in [6, 6.07) is 13.1. The van der Waals surface area contributed by atoms with E-state index in [0.717, 1.165) is 15.7 Å². The van der Waals surface area contributed by atoms with Crippen molar-refractivity contribution >= 4 is 39.0 Å². The number of nitrogens with one attached hydrogen (secondary N) is 1. The van der Waals surface area contributed by atoms with E-state index in [9.17, 15) is 9.59 Å². The summed E-state index contributed by atoms with van der Waals surface area (Å²) in [5.41, 5.74) is 3.13. The molecule has 4 nitrogen and oxygen atoms in total. The molecule has 3 rings (SSSR count). The Morgan fingerprint density at radius 3 is 2.67 bits per heavy atom. The number of ketones is 1. The molecule has 106 valence electrons. The van der Waals surface area contributed by atoms with Crippen LogP contribution in [0.5, 0.6) is 0 Å². The first kappa shape index (κ1) is 13.8. The topological polar surface area (TPSA) is 49.4 Å². The number of para-hydroxylation sites is 1. The Balaban J connectivity index is 1.86. The van der Waals surface area contributed by atoms with E-state index in [0.29, 0.717) is 11.3 Å². The van der Waals surface area contributed by atoms with Gasteiger partial charge in [0, 0.05) is 10.2 Å². The van der Waals surface area contributed by atoms with Crippen LogP contribution in [0.1, 0.15) is 15.9 Å². The van der Waals surface area contributed by atoms with Gasteiger partial charge in [0.25, 0.3) is 5.78 Å². The van der Waals surface area contributed by atoms with Crippen molar-refractivity contribution in [3.8, 4) is 0 Å². The number of fused-ring (bicyclic) bond motifs is 1. The van der Waals surface area contributed by atoms with Crippen LogP contribution >= 0.6 is 15.9 Å². The molecular formula is C16H13BrN2O2. The molecule has 0 unspecified atom stereocenters. The van der Waals surface area contributed by atoms with Gasteiger partial charge in [-0.2, -0.15) is 0 Å². The number of nitrogens with zero attached hydrogens (tertiary/aromatic N) is 1. The van der Waals surface area contributed by atoms with E-state index in [-0.39, 0.29) is 6.67 Å². The van der Waals surface area contributed by atoms with Gasteiger partial charge in [0.2, 0.25) is 0 Å². The van der Waals surface area contributed by atoms with Crippen LogP contribution in [0, 0.1) is 6.92 Å². The van der Waals surface area contributed by atoms with Crippen molar-refractivity contribution in [3.05, 3.63) is 58.1 Å². The lowest BCUT2D eigenvalue weighted by molar-refractivity contribution is -0.114. The summed E-state index contributed by atoms with van der Waals surface area (Å²) in [7, 11) is 0. The monoisotopic (exact) mass is 344 g/mol. The summed E-state index contributed by atoms with van der Waals surface area (Å²) in [5, 5.41) is 3.20. The van der Waals surface area contributed by atoms with Crippen molar-refractivity contribution in [2.45, 2.75) is 6.92 Å². The van der Waals surface area contributed by atoms with Gasteiger partial charge < -0.3 is 5.32 Å². The summed E-state index contributed by atoms with van der Waals surface area (Å²) in [6.45, 7) is 2.26. The normalized spacial score (nSPS) is 13.5. The Bertz CT molecular complexity index is 743. The zero-order valence-corrected chi connectivity index (χ0v) is 13.0. The van der Waals surface area contributed by atoms with E-state index in [4.69, 9.17) is 0 Å². The van der Waals surface area contributed by atoms with Crippen molar-refractivity contribution in [2.75, 3.05) is 16.9 Å². The van der Waals surface area contributed by atoms with Crippen LogP contribution in [0.25, 0.3) is 0 Å². The van der Waals surface area contributed by atoms with Crippen molar-refractivity contribution in [1.82, 2.24) is 0 Å². The molecular weight excluding hydrogens is 332 g/mol. The van der Waals surface area contributed by atoms with Crippen LogP contribution in [0.3, 0.4) is 0 Å². The zero-order valence-electron chi connectivity index (χ0n) is 11.4. The molecule has 0 aromatic heterocycles. The lowest BCUT2D eigenvalue weighted by Crippen LogP contribution is -2.34. The van der Waals surface area contributed by atoms with Crippen molar-refractivity contribution in [3.63, 3.8) is 0 Å². The highest BCUT2D eigenvalue weighted by Gasteiger charge is 2.35. The lowest BCUT2D eigenvalue weighted by atomic mass is 10.1. The second-order valence-corrected chi connectivity index (χ2v) is 5.79. The minimum absolute atomic E-state index is 0.268. The summed E-state index contributed by atoms with van der Waals surface area (Å²) >= 11 is 3.32. The Morgan fingerprint density at radius 1 is 1.14 bits per heavy atom. The molecule has 21 heavy (non-hydrogen) atoms. The average Bonchev–Trinajstić information content (AvgIpc) is 2.71. The fourth-order valence-corrected chi connectivity index (χ4v) is 2.73. The number of anilines is 2. The van der Waals surface area contributed by atoms with Crippen molar-refractivity contribution in [2.24, 2.45) is 0 Å². The Kier molecular flexibility index (Phi) is 3.51. The van der Waals surface area contributed by atoms with Crippen molar-refractivity contribution < 1.29 is 9.59 Å². The third-order valence-corrected chi connectivity index (χ3v) is 4.00. The first-order chi connectivity index (χ1) is 10.1. The SMILES string of the molecule is Cc1ccccc1NCN1C(=O)C(=O)c2cc(Br)ccc21. The molecule has 1 aliphatic heterocycles. The quantitative estimate of drug-likeness (QED) is 0.868. The number of benzene rings is 2. The van der Waals surface area contributed by atoms with Gasteiger partial charge in [0.1, 0.15) is 0 Å². The van der Waals surface area contributed by atoms with Gasteiger partial charge in [0.15, 0.2) is 0 Å². The third kappa shape index (κ3) is 2.45. The second-order valence-electron chi connectivity index (χ2n) is 4.87. The maximum Gasteiger partial charge on any atom is 0.300 e. The Morgan fingerprint density at radius 2 is 1.90 bits per heavy atom. The Labute approximate surface area is 130 Å². The van der Waals surface area contributed by atoms with E-state index in [1.54, 1.807) is 12.1 Å². The molecule has 2 aromatic rings. The number of Topliss-reactive ketones (excluding diaryl/α,β-unsaturated/α-hetero) is 1. The Hall–Kier alpha value is -2.14. The van der Waals surface area contributed by atoms with E-state index in [2.05, 4.69) is 21.2 Å². The average molecular weight is 345 g/mol. The molecule has 0 saturated heterocycles. The van der Waals surface area contributed by atoms with Gasteiger partial charge in [-0.1, -0.05) is 34.1 Å². The van der Waals surface area contributed by atoms with Crippen molar-refractivity contribution in [1.29, 1.82) is 0 Å². The molecule has 2 aromatic carbocycles. The maximum absolute atomic E-state index is 12.1. The van der Waals surface area contributed by atoms with E-state index in [1.165, 1.54) is 4.90 Å². The summed E-state index contributed by atoms with van der Waals surface area (Å²) in [5.74, 6) is -0.956. The largest absolute Gasteiger partial charge is 0.367 e. The number of carbonyl (C=O) groups is 2. The minimum atomic E-state index is -0.496. The molecule has 0 bridgehead atoms. The van der Waals surface area contributed by atoms with Crippen LogP contribution in [0.15, 0.2) is 46.9 Å². The van der Waals surface area contributed by atoms with E-state index in [1.807, 2.05) is 37.3 Å². The predicted octanol–water partition coefficient (Wildman–Crippen LogP) is 3.36. The fourth-order valence-electron chi connectivity index (χ4n) is 2.37. The molecule has 0 saturated carbocycles. The van der Waals surface area contributed by atoms with Gasteiger partial charge >= 0.3 is 5.91 Å². The van der Waals surface area contributed by atoms with Crippen LogP contribution in [0.4, 0.5) is 11.4 Å². The van der Waals surface area contributed by atoms with Crippen LogP contribution in [-0.2, 0) is 4.79 Å². The molecule has 1 heterocycles. The number of aryl methyl sites for hydroxylation is 1. The van der Waals surface area contributed by atoms with Gasteiger partial charge in [-0.05, 0) is 36.8 Å². The van der Waals surface area contributed by atoms with Gasteiger partial charge in [-0.15, -0.1) is 0 Å². The molecule has 0 spiro atoms. The molecule has 1 aliphatic rings. The minimum Gasteiger partial charge on any atom is -0.367 e. The molecule has 1 amide bonds. The highest BCUT2D eigenvalue weighted by molar-refractivity contribution is 9.10. The lowest BCUT2D eigenvalue weighted by Gasteiger charge is -2.19. The first-order valence-corrected chi connectivity index (χ1v) is 7.32. The summed E-state index contributed by atoms with van der Waals surface area (Å²) < 4.78 is 0.788. The number of hydrogen-bond acceptors (Lipinski definition) is 3. The zero-order chi connectivity index (χ0) is 15.0. The van der Waals surface area contributed by atoms with Gasteiger partial charge in [-0.3, -0.25) is 14.5 Å². The van der Waals surface area contributed by atoms with Gasteiger partial charge in [-0.25, -0.2) is 0 Å². The molecule has 0 aliphatic carbocycles. The molecule has 0 radical (unpaired) electrons. The maximum atomic E-state index is 12.1. The highest BCUT2D eigenvalue weighted by Crippen LogP contribution is 2.31. The fraction of sp³-hybridized carbons (Fsp3) is 0.125. The number of carbonyl (C=O) groups excluding carboxylic acids is 2. The second kappa shape index (κ2) is 5.33. The van der Waals surface area contributed by atoms with Crippen LogP contribution < -0.4 is 10.2 Å². The summed E-state index contributed by atoms with van der Waals surface area (Å²) in [6.07, 6.45) is 0. The summed E-state index contributed by atoms with van der Waals surface area (Å²) in [4.78, 5) is 25.6. The molecule has 0 atom stereocenters.